The lowest BCUT2D eigenvalue weighted by Crippen LogP contribution is -2.09. The molecule has 0 aliphatic carbocycles. The van der Waals surface area contributed by atoms with Crippen LogP contribution in [0.1, 0.15) is 24.9 Å². The summed E-state index contributed by atoms with van der Waals surface area (Å²) >= 11 is 3.47. The molecule has 0 saturated heterocycles. The van der Waals surface area contributed by atoms with E-state index in [0.29, 0.717) is 0 Å². The lowest BCUT2D eigenvalue weighted by Gasteiger charge is -2.12. The van der Waals surface area contributed by atoms with Gasteiger partial charge < -0.3 is 10.5 Å². The summed E-state index contributed by atoms with van der Waals surface area (Å²) in [4.78, 5) is 0. The third kappa shape index (κ3) is 2.45. The zero-order valence-electron chi connectivity index (χ0n) is 7.88. The molecule has 0 radical (unpaired) electrons. The van der Waals surface area contributed by atoms with Gasteiger partial charge >= 0.3 is 0 Å². The number of benzene rings is 1. The molecular formula is C10H14BrNO. The van der Waals surface area contributed by atoms with Crippen LogP contribution in [0.25, 0.3) is 0 Å². The number of methoxy groups -OCH3 is 1. The van der Waals surface area contributed by atoms with E-state index in [0.717, 1.165) is 22.2 Å². The van der Waals surface area contributed by atoms with Crippen molar-refractivity contribution < 1.29 is 4.74 Å². The molecule has 1 aromatic carbocycles. The summed E-state index contributed by atoms with van der Waals surface area (Å²) in [6.45, 7) is 2.07. The fourth-order valence-corrected chi connectivity index (χ4v) is 1.69. The van der Waals surface area contributed by atoms with Crippen LogP contribution < -0.4 is 10.5 Å². The largest absolute Gasteiger partial charge is 0.497 e. The highest BCUT2D eigenvalue weighted by Crippen LogP contribution is 2.27. The van der Waals surface area contributed by atoms with E-state index in [9.17, 15) is 0 Å². The minimum absolute atomic E-state index is 0.0736. The van der Waals surface area contributed by atoms with Crippen LogP contribution in [-0.2, 0) is 0 Å². The lowest BCUT2D eigenvalue weighted by atomic mass is 10.1. The molecule has 0 fully saturated rings. The van der Waals surface area contributed by atoms with Crippen LogP contribution >= 0.6 is 15.9 Å². The summed E-state index contributed by atoms with van der Waals surface area (Å²) in [6, 6.07) is 5.92. The standard InChI is InChI=1S/C10H14BrNO/c1-3-10(12)8-6-7(13-2)4-5-9(8)11/h4-6,10H,3,12H2,1-2H3. The molecule has 0 bridgehead atoms. The first-order chi connectivity index (χ1) is 6.19. The molecule has 0 amide bonds. The summed E-state index contributed by atoms with van der Waals surface area (Å²) in [5.41, 5.74) is 7.03. The van der Waals surface area contributed by atoms with Crippen LogP contribution in [0.4, 0.5) is 0 Å². The second-order valence-corrected chi connectivity index (χ2v) is 3.76. The molecule has 0 aliphatic rings. The normalized spacial score (nSPS) is 12.6. The van der Waals surface area contributed by atoms with Gasteiger partial charge in [0.1, 0.15) is 5.75 Å². The van der Waals surface area contributed by atoms with Gasteiger partial charge in [0, 0.05) is 10.5 Å². The minimum Gasteiger partial charge on any atom is -0.497 e. The van der Waals surface area contributed by atoms with E-state index in [1.165, 1.54) is 0 Å². The van der Waals surface area contributed by atoms with Crippen molar-refractivity contribution in [1.82, 2.24) is 0 Å². The second kappa shape index (κ2) is 4.63. The van der Waals surface area contributed by atoms with Gasteiger partial charge in [-0.1, -0.05) is 22.9 Å². The van der Waals surface area contributed by atoms with E-state index in [4.69, 9.17) is 10.5 Å². The highest BCUT2D eigenvalue weighted by Gasteiger charge is 2.08. The number of nitrogens with two attached hydrogens (primary N) is 1. The Bertz CT molecular complexity index is 288. The lowest BCUT2D eigenvalue weighted by molar-refractivity contribution is 0.413. The van der Waals surface area contributed by atoms with Crippen molar-refractivity contribution in [1.29, 1.82) is 0 Å². The highest BCUT2D eigenvalue weighted by atomic mass is 79.9. The van der Waals surface area contributed by atoms with Gasteiger partial charge in [-0.2, -0.15) is 0 Å². The van der Waals surface area contributed by atoms with E-state index in [2.05, 4.69) is 22.9 Å². The molecule has 0 saturated carbocycles. The van der Waals surface area contributed by atoms with Crippen molar-refractivity contribution in [2.24, 2.45) is 5.73 Å². The van der Waals surface area contributed by atoms with Crippen molar-refractivity contribution >= 4 is 15.9 Å². The molecule has 0 aliphatic heterocycles. The van der Waals surface area contributed by atoms with Gasteiger partial charge in [0.15, 0.2) is 0 Å². The Kier molecular flexibility index (Phi) is 3.75. The minimum atomic E-state index is 0.0736. The van der Waals surface area contributed by atoms with Crippen molar-refractivity contribution in [2.45, 2.75) is 19.4 Å². The fraction of sp³-hybridized carbons (Fsp3) is 0.400. The molecule has 2 N–H and O–H groups in total. The average molecular weight is 244 g/mol. The van der Waals surface area contributed by atoms with Gasteiger partial charge in [0.25, 0.3) is 0 Å². The maximum atomic E-state index is 5.93. The zero-order valence-corrected chi connectivity index (χ0v) is 9.47. The maximum absolute atomic E-state index is 5.93. The van der Waals surface area contributed by atoms with E-state index in [-0.39, 0.29) is 6.04 Å². The summed E-state index contributed by atoms with van der Waals surface area (Å²) in [5, 5.41) is 0. The molecular weight excluding hydrogens is 230 g/mol. The zero-order chi connectivity index (χ0) is 9.84. The predicted molar refractivity (Wildman–Crippen MR) is 57.9 cm³/mol. The van der Waals surface area contributed by atoms with Crippen molar-refractivity contribution in [2.75, 3.05) is 7.11 Å². The number of ether oxygens (including phenoxy) is 1. The molecule has 0 heterocycles. The summed E-state index contributed by atoms with van der Waals surface area (Å²) in [6.07, 6.45) is 0.922. The van der Waals surface area contributed by atoms with Gasteiger partial charge in [-0.25, -0.2) is 0 Å². The van der Waals surface area contributed by atoms with Gasteiger partial charge in [0.05, 0.1) is 7.11 Å². The smallest absolute Gasteiger partial charge is 0.119 e. The Hall–Kier alpha value is -0.540. The van der Waals surface area contributed by atoms with Crippen molar-refractivity contribution in [3.8, 4) is 5.75 Å². The Labute approximate surface area is 87.2 Å². The van der Waals surface area contributed by atoms with Crippen LogP contribution in [0.2, 0.25) is 0 Å². The fourth-order valence-electron chi connectivity index (χ4n) is 1.15. The Morgan fingerprint density at radius 1 is 1.54 bits per heavy atom. The van der Waals surface area contributed by atoms with Gasteiger partial charge in [-0.15, -0.1) is 0 Å². The van der Waals surface area contributed by atoms with E-state index in [1.54, 1.807) is 7.11 Å². The number of rotatable bonds is 3. The third-order valence-electron chi connectivity index (χ3n) is 2.04. The molecule has 2 nitrogen and oxygen atoms in total. The first-order valence-electron chi connectivity index (χ1n) is 4.28. The molecule has 0 aromatic heterocycles. The van der Waals surface area contributed by atoms with Gasteiger partial charge in [0.2, 0.25) is 0 Å². The molecule has 1 aromatic rings. The van der Waals surface area contributed by atoms with E-state index < -0.39 is 0 Å². The van der Waals surface area contributed by atoms with Gasteiger partial charge in [-0.3, -0.25) is 0 Å². The van der Waals surface area contributed by atoms with Crippen LogP contribution in [0.3, 0.4) is 0 Å². The Morgan fingerprint density at radius 3 is 2.77 bits per heavy atom. The predicted octanol–water partition coefficient (Wildman–Crippen LogP) is 2.87. The van der Waals surface area contributed by atoms with Gasteiger partial charge in [-0.05, 0) is 30.2 Å². The van der Waals surface area contributed by atoms with E-state index >= 15 is 0 Å². The molecule has 72 valence electrons. The number of hydrogen-bond acceptors (Lipinski definition) is 2. The van der Waals surface area contributed by atoms with E-state index in [1.807, 2.05) is 18.2 Å². The number of halogens is 1. The molecule has 3 heteroatoms. The Balaban J connectivity index is 3.03. The van der Waals surface area contributed by atoms with Crippen LogP contribution in [0.5, 0.6) is 5.75 Å². The number of hydrogen-bond donors (Lipinski definition) is 1. The highest BCUT2D eigenvalue weighted by molar-refractivity contribution is 9.10. The van der Waals surface area contributed by atoms with Crippen LogP contribution in [0.15, 0.2) is 22.7 Å². The first-order valence-corrected chi connectivity index (χ1v) is 5.07. The SMILES string of the molecule is CCC(N)c1cc(OC)ccc1Br. The summed E-state index contributed by atoms with van der Waals surface area (Å²) in [5.74, 6) is 0.849. The monoisotopic (exact) mass is 243 g/mol. The molecule has 13 heavy (non-hydrogen) atoms. The maximum Gasteiger partial charge on any atom is 0.119 e. The molecule has 1 unspecified atom stereocenters. The van der Waals surface area contributed by atoms with Crippen molar-refractivity contribution in [3.63, 3.8) is 0 Å². The first kappa shape index (κ1) is 10.5. The van der Waals surface area contributed by atoms with Crippen molar-refractivity contribution in [3.05, 3.63) is 28.2 Å². The average Bonchev–Trinajstić information content (AvgIpc) is 2.17. The van der Waals surface area contributed by atoms with Crippen LogP contribution in [0, 0.1) is 0 Å². The topological polar surface area (TPSA) is 35.2 Å². The molecule has 1 atom stereocenters. The quantitative estimate of drug-likeness (QED) is 0.887. The summed E-state index contributed by atoms with van der Waals surface area (Å²) in [7, 11) is 1.66. The third-order valence-corrected chi connectivity index (χ3v) is 2.76. The summed E-state index contributed by atoms with van der Waals surface area (Å²) < 4.78 is 6.17. The second-order valence-electron chi connectivity index (χ2n) is 2.90. The molecule has 0 spiro atoms. The van der Waals surface area contributed by atoms with Crippen LogP contribution in [-0.4, -0.2) is 7.11 Å². The Morgan fingerprint density at radius 2 is 2.23 bits per heavy atom. The molecule has 1 rings (SSSR count).